The summed E-state index contributed by atoms with van der Waals surface area (Å²) in [5.41, 5.74) is 10.5. The van der Waals surface area contributed by atoms with Crippen molar-refractivity contribution in [3.8, 4) is 16.8 Å². The Kier molecular flexibility index (Phi) is 4.68. The fourth-order valence-corrected chi connectivity index (χ4v) is 6.08. The van der Waals surface area contributed by atoms with Gasteiger partial charge in [-0.15, -0.1) is 0 Å². The van der Waals surface area contributed by atoms with Gasteiger partial charge in [-0.2, -0.15) is 0 Å². The Morgan fingerprint density at radius 3 is 2.26 bits per heavy atom. The summed E-state index contributed by atoms with van der Waals surface area (Å²) in [6.45, 7) is 0. The third-order valence-corrected chi connectivity index (χ3v) is 7.85. The summed E-state index contributed by atoms with van der Waals surface area (Å²) >= 11 is 0. The molecule has 1 aliphatic rings. The number of benzene rings is 5. The average Bonchev–Trinajstić information content (AvgIpc) is 3.53. The fourth-order valence-electron chi connectivity index (χ4n) is 6.08. The Balaban J connectivity index is 1.47. The molecule has 38 heavy (non-hydrogen) atoms. The molecule has 0 N–H and O–H groups in total. The largest absolute Gasteiger partial charge is 0.455 e. The van der Waals surface area contributed by atoms with Crippen molar-refractivity contribution in [2.45, 2.75) is 12.8 Å². The quantitative estimate of drug-likeness (QED) is 0.242. The third kappa shape index (κ3) is 3.20. The van der Waals surface area contributed by atoms with Gasteiger partial charge >= 0.3 is 0 Å². The van der Waals surface area contributed by atoms with Crippen molar-refractivity contribution in [2.24, 2.45) is 0 Å². The molecule has 2 heterocycles. The molecule has 1 aliphatic carbocycles. The first-order valence-electron chi connectivity index (χ1n) is 13.3. The lowest BCUT2D eigenvalue weighted by Crippen LogP contribution is -1.98. The van der Waals surface area contributed by atoms with Gasteiger partial charge in [0.1, 0.15) is 11.2 Å². The first kappa shape index (κ1) is 21.3. The van der Waals surface area contributed by atoms with Crippen LogP contribution in [0, 0.1) is 0 Å². The predicted molar refractivity (Wildman–Crippen MR) is 160 cm³/mol. The van der Waals surface area contributed by atoms with Crippen LogP contribution in [0.2, 0.25) is 0 Å². The fraction of sp³-hybridized carbons (Fsp3) is 0.0556. The van der Waals surface area contributed by atoms with Crippen LogP contribution in [0.15, 0.2) is 132 Å². The number of furan rings is 1. The van der Waals surface area contributed by atoms with Crippen LogP contribution in [0.4, 0.5) is 0 Å². The van der Waals surface area contributed by atoms with Crippen LogP contribution in [0.3, 0.4) is 0 Å². The summed E-state index contributed by atoms with van der Waals surface area (Å²) in [5, 5.41) is 4.69. The lowest BCUT2D eigenvalue weighted by atomic mass is 9.93. The minimum atomic E-state index is 0.928. The van der Waals surface area contributed by atoms with E-state index in [9.17, 15) is 0 Å². The molecule has 2 aromatic heterocycles. The Morgan fingerprint density at radius 2 is 1.39 bits per heavy atom. The number of allylic oxidation sites excluding steroid dienone is 4. The van der Waals surface area contributed by atoms with Gasteiger partial charge in [0.2, 0.25) is 0 Å². The van der Waals surface area contributed by atoms with Gasteiger partial charge in [-0.05, 0) is 77.6 Å². The summed E-state index contributed by atoms with van der Waals surface area (Å²) in [6.07, 6.45) is 8.84. The highest BCUT2D eigenvalue weighted by molar-refractivity contribution is 6.23. The maximum atomic E-state index is 6.50. The van der Waals surface area contributed by atoms with E-state index in [4.69, 9.17) is 4.42 Å². The molecule has 2 heteroatoms. The zero-order chi connectivity index (χ0) is 25.1. The van der Waals surface area contributed by atoms with Crippen molar-refractivity contribution >= 4 is 49.3 Å². The Hall–Kier alpha value is -4.82. The van der Waals surface area contributed by atoms with Gasteiger partial charge in [-0.3, -0.25) is 0 Å². The van der Waals surface area contributed by atoms with Crippen LogP contribution in [0.5, 0.6) is 0 Å². The topological polar surface area (TPSA) is 18.1 Å². The molecule has 0 radical (unpaired) electrons. The van der Waals surface area contributed by atoms with E-state index in [1.54, 1.807) is 0 Å². The molecular weight excluding hydrogens is 462 g/mol. The molecule has 180 valence electrons. The monoisotopic (exact) mass is 487 g/mol. The SMILES string of the molecule is C1=CCCC(c2cc(-c3ccccc3)cc(-n3c4ccccc4c4c5oc6ccccc6c5ccc43)c2)=C1. The van der Waals surface area contributed by atoms with Crippen LogP contribution in [0.1, 0.15) is 18.4 Å². The Morgan fingerprint density at radius 1 is 0.605 bits per heavy atom. The summed E-state index contributed by atoms with van der Waals surface area (Å²) < 4.78 is 8.91. The van der Waals surface area contributed by atoms with E-state index in [0.29, 0.717) is 0 Å². The molecular formula is C36H25NO. The van der Waals surface area contributed by atoms with Crippen LogP contribution in [-0.4, -0.2) is 4.57 Å². The predicted octanol–water partition coefficient (Wildman–Crippen LogP) is 10.1. The molecule has 0 unspecified atom stereocenters. The highest BCUT2D eigenvalue weighted by Crippen LogP contribution is 2.41. The molecule has 0 atom stereocenters. The van der Waals surface area contributed by atoms with Gasteiger partial charge in [0.25, 0.3) is 0 Å². The Labute approximate surface area is 220 Å². The number of nitrogens with zero attached hydrogens (tertiary/aromatic N) is 1. The van der Waals surface area contributed by atoms with Crippen molar-refractivity contribution in [2.75, 3.05) is 0 Å². The molecule has 0 amide bonds. The van der Waals surface area contributed by atoms with E-state index < -0.39 is 0 Å². The number of hydrogen-bond donors (Lipinski definition) is 0. The van der Waals surface area contributed by atoms with Crippen LogP contribution in [-0.2, 0) is 0 Å². The van der Waals surface area contributed by atoms with Crippen LogP contribution < -0.4 is 0 Å². The molecule has 0 fully saturated rings. The maximum absolute atomic E-state index is 6.50. The smallest absolute Gasteiger partial charge is 0.145 e. The zero-order valence-corrected chi connectivity index (χ0v) is 20.9. The number of aromatic nitrogens is 1. The van der Waals surface area contributed by atoms with Gasteiger partial charge in [-0.1, -0.05) is 85.0 Å². The van der Waals surface area contributed by atoms with Crippen molar-refractivity contribution in [3.05, 3.63) is 133 Å². The summed E-state index contributed by atoms with van der Waals surface area (Å²) in [6, 6.07) is 39.2. The first-order chi connectivity index (χ1) is 18.8. The lowest BCUT2D eigenvalue weighted by molar-refractivity contribution is 0.673. The molecule has 5 aromatic carbocycles. The molecule has 8 rings (SSSR count). The maximum Gasteiger partial charge on any atom is 0.145 e. The molecule has 0 spiro atoms. The normalized spacial score (nSPS) is 13.6. The van der Waals surface area contributed by atoms with Gasteiger partial charge in [0.05, 0.1) is 16.4 Å². The average molecular weight is 488 g/mol. The number of hydrogen-bond acceptors (Lipinski definition) is 1. The highest BCUT2D eigenvalue weighted by atomic mass is 16.3. The van der Waals surface area contributed by atoms with E-state index in [-0.39, 0.29) is 0 Å². The molecule has 0 saturated carbocycles. The number of rotatable bonds is 3. The molecule has 0 saturated heterocycles. The van der Waals surface area contributed by atoms with Gasteiger partial charge in [0.15, 0.2) is 0 Å². The molecule has 0 aliphatic heterocycles. The van der Waals surface area contributed by atoms with E-state index >= 15 is 0 Å². The standard InChI is InChI=1S/C36H25NO/c1-3-11-24(12-4-1)26-21-27(25-13-5-2-6-14-25)23-28(22-26)37-32-17-9-7-16-31(32)35-33(37)20-19-30-29-15-8-10-18-34(29)38-36(30)35/h1-5,7-13,15-23H,6,14H2. The van der Waals surface area contributed by atoms with Crippen LogP contribution >= 0.6 is 0 Å². The third-order valence-electron chi connectivity index (χ3n) is 7.85. The zero-order valence-electron chi connectivity index (χ0n) is 20.9. The summed E-state index contributed by atoms with van der Waals surface area (Å²) in [4.78, 5) is 0. The summed E-state index contributed by atoms with van der Waals surface area (Å²) in [5.74, 6) is 0. The van der Waals surface area contributed by atoms with E-state index in [1.165, 1.54) is 44.2 Å². The molecule has 7 aromatic rings. The van der Waals surface area contributed by atoms with Gasteiger partial charge < -0.3 is 8.98 Å². The summed E-state index contributed by atoms with van der Waals surface area (Å²) in [7, 11) is 0. The first-order valence-corrected chi connectivity index (χ1v) is 13.3. The second-order valence-corrected chi connectivity index (χ2v) is 10.1. The second-order valence-electron chi connectivity index (χ2n) is 10.1. The molecule has 2 nitrogen and oxygen atoms in total. The van der Waals surface area contributed by atoms with Gasteiger partial charge in [-0.25, -0.2) is 0 Å². The van der Waals surface area contributed by atoms with Gasteiger partial charge in [0, 0.05) is 21.8 Å². The van der Waals surface area contributed by atoms with Crippen molar-refractivity contribution in [1.29, 1.82) is 0 Å². The highest BCUT2D eigenvalue weighted by Gasteiger charge is 2.19. The van der Waals surface area contributed by atoms with E-state index in [2.05, 4.69) is 126 Å². The second kappa shape index (κ2) is 8.36. The number of para-hydroxylation sites is 2. The van der Waals surface area contributed by atoms with Crippen molar-refractivity contribution < 1.29 is 4.42 Å². The Bertz CT molecular complexity index is 2070. The minimum Gasteiger partial charge on any atom is -0.455 e. The number of fused-ring (bicyclic) bond motifs is 7. The molecule has 0 bridgehead atoms. The van der Waals surface area contributed by atoms with Crippen molar-refractivity contribution in [1.82, 2.24) is 4.57 Å². The van der Waals surface area contributed by atoms with Crippen molar-refractivity contribution in [3.63, 3.8) is 0 Å². The minimum absolute atomic E-state index is 0.928. The lowest BCUT2D eigenvalue weighted by Gasteiger charge is -2.16. The van der Waals surface area contributed by atoms with E-state index in [1.807, 2.05) is 6.07 Å². The van der Waals surface area contributed by atoms with Crippen LogP contribution in [0.25, 0.3) is 66.1 Å². The van der Waals surface area contributed by atoms with E-state index in [0.717, 1.165) is 40.3 Å².